The average Bonchev–Trinajstić information content (AvgIpc) is 3.26. The number of aromatic hydroxyl groups is 1. The Morgan fingerprint density at radius 3 is 2.30 bits per heavy atom. The second-order valence-electron chi connectivity index (χ2n) is 9.92. The molecule has 6 nitrogen and oxygen atoms in total. The number of hydrogen-bond acceptors (Lipinski definition) is 4. The molecule has 202 valence electrons. The molecule has 5 aromatic rings. The Bertz CT molecular complexity index is 1660. The molecule has 0 bridgehead atoms. The van der Waals surface area contributed by atoms with Crippen molar-refractivity contribution in [2.75, 3.05) is 7.05 Å². The minimum atomic E-state index is -0.847. The van der Waals surface area contributed by atoms with Crippen molar-refractivity contribution in [1.29, 1.82) is 0 Å². The minimum absolute atomic E-state index is 0.00823. The third-order valence-electron chi connectivity index (χ3n) is 6.73. The highest BCUT2D eigenvalue weighted by Gasteiger charge is 2.19. The van der Waals surface area contributed by atoms with Gasteiger partial charge in [-0.2, -0.15) is 0 Å². The summed E-state index contributed by atoms with van der Waals surface area (Å²) in [6.07, 6.45) is 0.435. The SMILES string of the molecule is CN(Cc1ccccc1)Cc1ccc(N=C(c2cccc(CCC(=O)O)c2)c2c(O)[nH]c3cc(Cl)ccc23)cc1. The van der Waals surface area contributed by atoms with Crippen LogP contribution < -0.4 is 0 Å². The van der Waals surface area contributed by atoms with E-state index in [0.717, 1.165) is 35.3 Å². The third-order valence-corrected chi connectivity index (χ3v) is 6.97. The molecule has 7 heteroatoms. The fourth-order valence-electron chi connectivity index (χ4n) is 4.85. The van der Waals surface area contributed by atoms with Gasteiger partial charge in [0.05, 0.1) is 22.5 Å². The highest BCUT2D eigenvalue weighted by molar-refractivity contribution is 6.31. The van der Waals surface area contributed by atoms with Crippen molar-refractivity contribution in [2.24, 2.45) is 4.99 Å². The molecule has 0 aliphatic heterocycles. The molecule has 0 spiro atoms. The third kappa shape index (κ3) is 6.60. The number of benzene rings is 4. The van der Waals surface area contributed by atoms with Gasteiger partial charge < -0.3 is 15.2 Å². The smallest absolute Gasteiger partial charge is 0.303 e. The van der Waals surface area contributed by atoms with Gasteiger partial charge in [-0.3, -0.25) is 9.69 Å². The highest BCUT2D eigenvalue weighted by Crippen LogP contribution is 2.33. The summed E-state index contributed by atoms with van der Waals surface area (Å²) >= 11 is 6.20. The summed E-state index contributed by atoms with van der Waals surface area (Å²) in [5.41, 5.74) is 6.67. The second kappa shape index (κ2) is 12.2. The summed E-state index contributed by atoms with van der Waals surface area (Å²) in [6.45, 7) is 1.65. The maximum atomic E-state index is 11.1. The number of aliphatic carboxylic acids is 1. The predicted molar refractivity (Wildman–Crippen MR) is 161 cm³/mol. The van der Waals surface area contributed by atoms with Crippen LogP contribution in [0.15, 0.2) is 102 Å². The Labute approximate surface area is 238 Å². The van der Waals surface area contributed by atoms with Gasteiger partial charge in [0.2, 0.25) is 0 Å². The zero-order chi connectivity index (χ0) is 28.1. The van der Waals surface area contributed by atoms with E-state index in [0.29, 0.717) is 28.2 Å². The lowest BCUT2D eigenvalue weighted by Crippen LogP contribution is -2.17. The first-order valence-corrected chi connectivity index (χ1v) is 13.5. The molecule has 0 aliphatic carbocycles. The van der Waals surface area contributed by atoms with Crippen LogP contribution in [0.4, 0.5) is 5.69 Å². The number of nitrogens with one attached hydrogen (secondary N) is 1. The van der Waals surface area contributed by atoms with Gasteiger partial charge in [0, 0.05) is 35.5 Å². The van der Waals surface area contributed by atoms with E-state index in [1.165, 1.54) is 11.1 Å². The van der Waals surface area contributed by atoms with Crippen LogP contribution in [0.2, 0.25) is 5.02 Å². The van der Waals surface area contributed by atoms with Gasteiger partial charge in [-0.1, -0.05) is 78.3 Å². The quantitative estimate of drug-likeness (QED) is 0.158. The van der Waals surface area contributed by atoms with E-state index < -0.39 is 5.97 Å². The Hall–Kier alpha value is -4.39. The van der Waals surface area contributed by atoms with Crippen molar-refractivity contribution in [2.45, 2.75) is 25.9 Å². The zero-order valence-electron chi connectivity index (χ0n) is 22.1. The molecular formula is C33H30ClN3O3. The lowest BCUT2D eigenvalue weighted by molar-refractivity contribution is -0.136. The Morgan fingerprint density at radius 2 is 1.57 bits per heavy atom. The molecule has 4 aromatic carbocycles. The minimum Gasteiger partial charge on any atom is -0.494 e. The second-order valence-corrected chi connectivity index (χ2v) is 10.4. The van der Waals surface area contributed by atoms with E-state index in [4.69, 9.17) is 21.7 Å². The van der Waals surface area contributed by atoms with E-state index in [1.54, 1.807) is 12.1 Å². The molecule has 0 fully saturated rings. The Balaban J connectivity index is 1.49. The molecule has 5 rings (SSSR count). The summed E-state index contributed by atoms with van der Waals surface area (Å²) in [7, 11) is 2.10. The maximum Gasteiger partial charge on any atom is 0.303 e. The fourth-order valence-corrected chi connectivity index (χ4v) is 5.03. The number of hydrogen-bond donors (Lipinski definition) is 3. The van der Waals surface area contributed by atoms with Crippen LogP contribution in [-0.4, -0.2) is 38.8 Å². The average molecular weight is 552 g/mol. The number of halogens is 1. The molecule has 0 aliphatic rings. The van der Waals surface area contributed by atoms with E-state index in [9.17, 15) is 9.90 Å². The fraction of sp³-hybridized carbons (Fsp3) is 0.152. The van der Waals surface area contributed by atoms with Crippen molar-refractivity contribution in [1.82, 2.24) is 9.88 Å². The monoisotopic (exact) mass is 551 g/mol. The lowest BCUT2D eigenvalue weighted by Gasteiger charge is -2.17. The van der Waals surface area contributed by atoms with Gasteiger partial charge in [0.1, 0.15) is 0 Å². The van der Waals surface area contributed by atoms with E-state index in [1.807, 2.05) is 48.5 Å². The van der Waals surface area contributed by atoms with Crippen molar-refractivity contribution in [3.8, 4) is 5.88 Å². The number of nitrogens with zero attached hydrogens (tertiary/aromatic N) is 2. The number of H-pyrrole nitrogens is 1. The van der Waals surface area contributed by atoms with Gasteiger partial charge >= 0.3 is 5.97 Å². The molecule has 0 saturated heterocycles. The van der Waals surface area contributed by atoms with Crippen molar-refractivity contribution in [3.63, 3.8) is 0 Å². The lowest BCUT2D eigenvalue weighted by atomic mass is 9.97. The largest absolute Gasteiger partial charge is 0.494 e. The van der Waals surface area contributed by atoms with E-state index in [2.05, 4.69) is 53.3 Å². The highest BCUT2D eigenvalue weighted by atomic mass is 35.5. The van der Waals surface area contributed by atoms with Gasteiger partial charge in [0.15, 0.2) is 5.88 Å². The summed E-state index contributed by atoms with van der Waals surface area (Å²) in [5.74, 6) is -0.855. The van der Waals surface area contributed by atoms with Crippen LogP contribution in [0.25, 0.3) is 10.9 Å². The number of rotatable bonds is 10. The summed E-state index contributed by atoms with van der Waals surface area (Å²) in [4.78, 5) is 21.4. The predicted octanol–water partition coefficient (Wildman–Crippen LogP) is 7.35. The normalized spacial score (nSPS) is 11.8. The maximum absolute atomic E-state index is 11.1. The van der Waals surface area contributed by atoms with Gasteiger partial charge in [0.25, 0.3) is 0 Å². The molecule has 0 atom stereocenters. The standard InChI is InChI=1S/C33H30ClN3O3/c1-37(20-23-6-3-2-4-7-23)21-24-10-14-27(15-11-24)35-32(25-9-5-8-22(18-25)12-17-30(38)39)31-28-16-13-26(34)19-29(28)36-33(31)40/h2-11,13-16,18-19,36,40H,12,17,20-21H2,1H3,(H,38,39). The topological polar surface area (TPSA) is 88.9 Å². The van der Waals surface area contributed by atoms with Gasteiger partial charge in [-0.25, -0.2) is 4.99 Å². The zero-order valence-corrected chi connectivity index (χ0v) is 22.9. The van der Waals surface area contributed by atoms with Gasteiger partial charge in [-0.15, -0.1) is 0 Å². The van der Waals surface area contributed by atoms with Crippen LogP contribution >= 0.6 is 11.6 Å². The number of aromatic nitrogens is 1. The molecule has 0 saturated carbocycles. The van der Waals surface area contributed by atoms with Crippen LogP contribution in [0.3, 0.4) is 0 Å². The molecule has 40 heavy (non-hydrogen) atoms. The summed E-state index contributed by atoms with van der Waals surface area (Å²) in [5, 5.41) is 21.5. The van der Waals surface area contributed by atoms with Crippen molar-refractivity contribution < 1.29 is 15.0 Å². The molecule has 1 aromatic heterocycles. The molecule has 0 radical (unpaired) electrons. The first-order valence-electron chi connectivity index (χ1n) is 13.1. The Kier molecular flexibility index (Phi) is 8.29. The van der Waals surface area contributed by atoms with Crippen LogP contribution in [0.5, 0.6) is 5.88 Å². The van der Waals surface area contributed by atoms with Crippen LogP contribution in [0.1, 0.15) is 34.2 Å². The summed E-state index contributed by atoms with van der Waals surface area (Å²) in [6, 6.07) is 31.5. The summed E-state index contributed by atoms with van der Waals surface area (Å²) < 4.78 is 0. The van der Waals surface area contributed by atoms with Crippen molar-refractivity contribution in [3.05, 3.63) is 130 Å². The number of carbonyl (C=O) groups is 1. The Morgan fingerprint density at radius 1 is 0.875 bits per heavy atom. The number of carboxylic acid groups (broad SMARTS) is 1. The molecule has 3 N–H and O–H groups in total. The van der Waals surface area contributed by atoms with E-state index in [-0.39, 0.29) is 12.3 Å². The number of fused-ring (bicyclic) bond motifs is 1. The first kappa shape index (κ1) is 27.2. The van der Waals surface area contributed by atoms with E-state index >= 15 is 0 Å². The molecule has 1 heterocycles. The molecule has 0 unspecified atom stereocenters. The van der Waals surface area contributed by atoms with Gasteiger partial charge in [-0.05, 0) is 60.5 Å². The molecular weight excluding hydrogens is 522 g/mol. The van der Waals surface area contributed by atoms with Crippen molar-refractivity contribution >= 4 is 39.9 Å². The van der Waals surface area contributed by atoms with Crippen LogP contribution in [0, 0.1) is 0 Å². The number of aromatic amines is 1. The number of carboxylic acids is 1. The number of aliphatic imine (C=N–C) groups is 1. The number of aryl methyl sites for hydroxylation is 1. The molecule has 0 amide bonds. The van der Waals surface area contributed by atoms with Crippen LogP contribution in [-0.2, 0) is 24.3 Å². The first-order chi connectivity index (χ1) is 19.4.